The standard InChI is InChI=1S/C24H22ClFN4/c25-21-11-6-7-18(15-21)17-30-28-23(24(29-30)20-9-2-1-3-10-20)16-27-14-13-19-8-4-5-12-22(19)26/h1-12,15,27H,13-14,16-17H2. The smallest absolute Gasteiger partial charge is 0.126 e. The van der Waals surface area contributed by atoms with Gasteiger partial charge in [0.2, 0.25) is 0 Å². The van der Waals surface area contributed by atoms with Crippen molar-refractivity contribution < 1.29 is 4.39 Å². The second-order valence-electron chi connectivity index (χ2n) is 7.04. The number of hydrogen-bond acceptors (Lipinski definition) is 3. The van der Waals surface area contributed by atoms with Crippen LogP contribution in [0.5, 0.6) is 0 Å². The van der Waals surface area contributed by atoms with Gasteiger partial charge in [0, 0.05) is 17.1 Å². The molecule has 1 N–H and O–H groups in total. The van der Waals surface area contributed by atoms with E-state index in [-0.39, 0.29) is 5.82 Å². The van der Waals surface area contributed by atoms with Crippen LogP contribution in [0.1, 0.15) is 16.8 Å². The summed E-state index contributed by atoms with van der Waals surface area (Å²) >= 11 is 6.10. The van der Waals surface area contributed by atoms with E-state index in [0.29, 0.717) is 36.6 Å². The number of nitrogens with one attached hydrogen (secondary N) is 1. The van der Waals surface area contributed by atoms with Crippen LogP contribution in [0.2, 0.25) is 5.02 Å². The van der Waals surface area contributed by atoms with Crippen molar-refractivity contribution in [3.63, 3.8) is 0 Å². The minimum Gasteiger partial charge on any atom is -0.311 e. The van der Waals surface area contributed by atoms with Gasteiger partial charge in [0.1, 0.15) is 17.2 Å². The topological polar surface area (TPSA) is 42.7 Å². The van der Waals surface area contributed by atoms with Gasteiger partial charge in [-0.3, -0.25) is 0 Å². The molecule has 0 bridgehead atoms. The van der Waals surface area contributed by atoms with Crippen LogP contribution in [0.25, 0.3) is 11.3 Å². The number of nitrogens with zero attached hydrogens (tertiary/aromatic N) is 3. The van der Waals surface area contributed by atoms with Gasteiger partial charge in [-0.15, -0.1) is 0 Å². The fraction of sp³-hybridized carbons (Fsp3) is 0.167. The summed E-state index contributed by atoms with van der Waals surface area (Å²) in [6.07, 6.45) is 0.615. The van der Waals surface area contributed by atoms with Crippen molar-refractivity contribution in [3.8, 4) is 11.3 Å². The molecular formula is C24H22ClFN4. The van der Waals surface area contributed by atoms with Crippen molar-refractivity contribution in [1.82, 2.24) is 20.3 Å². The van der Waals surface area contributed by atoms with Crippen molar-refractivity contribution in [2.24, 2.45) is 0 Å². The van der Waals surface area contributed by atoms with Crippen LogP contribution in [0.3, 0.4) is 0 Å². The average molecular weight is 421 g/mol. The maximum Gasteiger partial charge on any atom is 0.126 e. The van der Waals surface area contributed by atoms with Gasteiger partial charge in [-0.1, -0.05) is 72.3 Å². The van der Waals surface area contributed by atoms with Gasteiger partial charge in [0.05, 0.1) is 6.54 Å². The number of hydrogen-bond donors (Lipinski definition) is 1. The molecule has 152 valence electrons. The fourth-order valence-electron chi connectivity index (χ4n) is 3.32. The Labute approximate surface area is 180 Å². The molecule has 3 aromatic carbocycles. The van der Waals surface area contributed by atoms with Gasteiger partial charge >= 0.3 is 0 Å². The highest BCUT2D eigenvalue weighted by atomic mass is 35.5. The highest BCUT2D eigenvalue weighted by Gasteiger charge is 2.13. The van der Waals surface area contributed by atoms with E-state index >= 15 is 0 Å². The first-order valence-electron chi connectivity index (χ1n) is 9.87. The SMILES string of the molecule is Fc1ccccc1CCNCc1nn(Cc2cccc(Cl)c2)nc1-c1ccccc1. The molecule has 0 saturated carbocycles. The Morgan fingerprint density at radius 2 is 1.70 bits per heavy atom. The molecule has 0 aliphatic rings. The highest BCUT2D eigenvalue weighted by molar-refractivity contribution is 6.30. The zero-order valence-electron chi connectivity index (χ0n) is 16.4. The molecule has 0 aliphatic heterocycles. The molecule has 0 amide bonds. The third-order valence-corrected chi connectivity index (χ3v) is 5.04. The van der Waals surface area contributed by atoms with Crippen molar-refractivity contribution >= 4 is 11.6 Å². The van der Waals surface area contributed by atoms with Crippen molar-refractivity contribution in [2.45, 2.75) is 19.5 Å². The van der Waals surface area contributed by atoms with Crippen molar-refractivity contribution in [3.05, 3.63) is 107 Å². The molecule has 0 fully saturated rings. The first-order chi connectivity index (χ1) is 14.7. The van der Waals surface area contributed by atoms with E-state index in [1.54, 1.807) is 10.9 Å². The molecule has 4 rings (SSSR count). The number of benzene rings is 3. The largest absolute Gasteiger partial charge is 0.311 e. The number of aromatic nitrogens is 3. The van der Waals surface area contributed by atoms with E-state index < -0.39 is 0 Å². The summed E-state index contributed by atoms with van der Waals surface area (Å²) in [7, 11) is 0. The van der Waals surface area contributed by atoms with Gasteiger partial charge in [0.25, 0.3) is 0 Å². The lowest BCUT2D eigenvalue weighted by atomic mass is 10.1. The van der Waals surface area contributed by atoms with Gasteiger partial charge in [-0.25, -0.2) is 4.39 Å². The molecule has 0 spiro atoms. The Balaban J connectivity index is 1.49. The molecule has 30 heavy (non-hydrogen) atoms. The summed E-state index contributed by atoms with van der Waals surface area (Å²) in [6.45, 7) is 1.74. The zero-order chi connectivity index (χ0) is 20.8. The normalized spacial score (nSPS) is 11.0. The predicted molar refractivity (Wildman–Crippen MR) is 118 cm³/mol. The highest BCUT2D eigenvalue weighted by Crippen LogP contribution is 2.21. The Morgan fingerprint density at radius 3 is 2.50 bits per heavy atom. The van der Waals surface area contributed by atoms with Crippen LogP contribution >= 0.6 is 11.6 Å². The summed E-state index contributed by atoms with van der Waals surface area (Å²) in [5.41, 5.74) is 4.46. The Hall–Kier alpha value is -3.02. The summed E-state index contributed by atoms with van der Waals surface area (Å²) in [6, 6.07) is 24.6. The fourth-order valence-corrected chi connectivity index (χ4v) is 3.53. The quantitative estimate of drug-likeness (QED) is 0.402. The van der Waals surface area contributed by atoms with Gasteiger partial charge in [-0.2, -0.15) is 15.0 Å². The Bertz CT molecular complexity index is 1110. The lowest BCUT2D eigenvalue weighted by Gasteiger charge is -2.05. The monoisotopic (exact) mass is 420 g/mol. The van der Waals surface area contributed by atoms with Crippen LogP contribution in [-0.2, 0) is 19.5 Å². The lowest BCUT2D eigenvalue weighted by Crippen LogP contribution is -2.18. The van der Waals surface area contributed by atoms with Crippen LogP contribution in [-0.4, -0.2) is 21.5 Å². The second-order valence-corrected chi connectivity index (χ2v) is 7.48. The van der Waals surface area contributed by atoms with E-state index in [1.165, 1.54) is 6.07 Å². The van der Waals surface area contributed by atoms with Crippen molar-refractivity contribution in [1.29, 1.82) is 0 Å². The summed E-state index contributed by atoms with van der Waals surface area (Å²) in [5.74, 6) is -0.170. The molecular weight excluding hydrogens is 399 g/mol. The summed E-state index contributed by atoms with van der Waals surface area (Å²) < 4.78 is 13.8. The van der Waals surface area contributed by atoms with Crippen LogP contribution < -0.4 is 5.32 Å². The molecule has 4 nitrogen and oxygen atoms in total. The second kappa shape index (κ2) is 9.65. The Morgan fingerprint density at radius 1 is 0.900 bits per heavy atom. The lowest BCUT2D eigenvalue weighted by molar-refractivity contribution is 0.573. The molecule has 6 heteroatoms. The molecule has 0 radical (unpaired) electrons. The predicted octanol–water partition coefficient (Wildman–Crippen LogP) is 5.12. The van der Waals surface area contributed by atoms with E-state index in [2.05, 4.69) is 5.32 Å². The maximum atomic E-state index is 13.8. The molecule has 0 atom stereocenters. The minimum atomic E-state index is -0.170. The average Bonchev–Trinajstić information content (AvgIpc) is 3.15. The zero-order valence-corrected chi connectivity index (χ0v) is 17.2. The molecule has 4 aromatic rings. The molecule has 1 heterocycles. The van der Waals surface area contributed by atoms with Gasteiger partial charge < -0.3 is 5.32 Å². The number of halogens is 2. The van der Waals surface area contributed by atoms with E-state index in [0.717, 1.165) is 22.5 Å². The minimum absolute atomic E-state index is 0.170. The van der Waals surface area contributed by atoms with Crippen LogP contribution in [0, 0.1) is 5.82 Å². The molecule has 0 aliphatic carbocycles. The molecule has 1 aromatic heterocycles. The van der Waals surface area contributed by atoms with Crippen molar-refractivity contribution in [2.75, 3.05) is 6.54 Å². The molecule has 0 saturated heterocycles. The first kappa shape index (κ1) is 20.3. The third kappa shape index (κ3) is 5.12. The summed E-state index contributed by atoms with van der Waals surface area (Å²) in [5, 5.41) is 13.5. The summed E-state index contributed by atoms with van der Waals surface area (Å²) in [4.78, 5) is 1.70. The third-order valence-electron chi connectivity index (χ3n) is 4.81. The van der Waals surface area contributed by atoms with E-state index in [1.807, 2.05) is 66.7 Å². The first-order valence-corrected chi connectivity index (χ1v) is 10.2. The molecule has 0 unspecified atom stereocenters. The van der Waals surface area contributed by atoms with Crippen LogP contribution in [0.15, 0.2) is 78.9 Å². The van der Waals surface area contributed by atoms with E-state index in [4.69, 9.17) is 21.8 Å². The van der Waals surface area contributed by atoms with Gasteiger partial charge in [0.15, 0.2) is 0 Å². The van der Waals surface area contributed by atoms with Gasteiger partial charge in [-0.05, 0) is 42.3 Å². The maximum absolute atomic E-state index is 13.8. The number of rotatable bonds is 8. The van der Waals surface area contributed by atoms with Crippen LogP contribution in [0.4, 0.5) is 4.39 Å². The Kier molecular flexibility index (Phi) is 6.52. The van der Waals surface area contributed by atoms with E-state index in [9.17, 15) is 4.39 Å².